The first-order valence-corrected chi connectivity index (χ1v) is 8.64. The Labute approximate surface area is 145 Å². The van der Waals surface area contributed by atoms with E-state index >= 15 is 0 Å². The van der Waals surface area contributed by atoms with Crippen LogP contribution in [0.3, 0.4) is 0 Å². The number of rotatable bonds is 8. The first-order chi connectivity index (χ1) is 11.5. The van der Waals surface area contributed by atoms with E-state index in [0.717, 1.165) is 16.3 Å². The Balaban J connectivity index is 1.81. The molecule has 1 aromatic heterocycles. The molecule has 0 fully saturated rings. The van der Waals surface area contributed by atoms with Crippen molar-refractivity contribution in [3.8, 4) is 0 Å². The molecule has 6 nitrogen and oxygen atoms in total. The van der Waals surface area contributed by atoms with E-state index < -0.39 is 5.91 Å². The van der Waals surface area contributed by atoms with Crippen molar-refractivity contribution in [3.63, 3.8) is 0 Å². The lowest BCUT2D eigenvalue weighted by Crippen LogP contribution is -2.33. The van der Waals surface area contributed by atoms with Crippen LogP contribution in [0.1, 0.15) is 46.4 Å². The summed E-state index contributed by atoms with van der Waals surface area (Å²) in [5.41, 5.74) is 7.62. The number of amides is 2. The molecule has 0 atom stereocenters. The molecule has 0 saturated carbocycles. The third-order valence-corrected chi connectivity index (χ3v) is 4.53. The van der Waals surface area contributed by atoms with Gasteiger partial charge in [0.1, 0.15) is 0 Å². The van der Waals surface area contributed by atoms with Gasteiger partial charge < -0.3 is 16.4 Å². The van der Waals surface area contributed by atoms with Crippen molar-refractivity contribution in [2.45, 2.75) is 32.9 Å². The summed E-state index contributed by atoms with van der Waals surface area (Å²) in [6.07, 6.45) is 0. The first-order valence-electron chi connectivity index (χ1n) is 7.76. The van der Waals surface area contributed by atoms with Crippen LogP contribution in [0.25, 0.3) is 0 Å². The Morgan fingerprint density at radius 3 is 2.50 bits per heavy atom. The Morgan fingerprint density at radius 2 is 1.92 bits per heavy atom. The van der Waals surface area contributed by atoms with Gasteiger partial charge in [0.05, 0.1) is 17.2 Å². The van der Waals surface area contributed by atoms with E-state index in [2.05, 4.69) is 34.8 Å². The molecule has 1 aromatic carbocycles. The van der Waals surface area contributed by atoms with Crippen molar-refractivity contribution >= 4 is 23.2 Å². The van der Waals surface area contributed by atoms with Gasteiger partial charge in [0.2, 0.25) is 5.91 Å². The van der Waals surface area contributed by atoms with E-state index in [1.165, 1.54) is 0 Å². The summed E-state index contributed by atoms with van der Waals surface area (Å²) in [5.74, 6) is -0.416. The molecule has 24 heavy (non-hydrogen) atoms. The van der Waals surface area contributed by atoms with Crippen LogP contribution in [0, 0.1) is 0 Å². The summed E-state index contributed by atoms with van der Waals surface area (Å²) < 4.78 is 0. The zero-order valence-electron chi connectivity index (χ0n) is 13.8. The summed E-state index contributed by atoms with van der Waals surface area (Å²) >= 11 is 1.69. The van der Waals surface area contributed by atoms with Crippen LogP contribution >= 0.6 is 11.3 Å². The molecule has 0 aliphatic heterocycles. The van der Waals surface area contributed by atoms with E-state index in [1.54, 1.807) is 23.5 Å². The number of thiazole rings is 1. The molecular weight excluding hydrogens is 324 g/mol. The minimum Gasteiger partial charge on any atom is -0.368 e. The lowest BCUT2D eigenvalue weighted by molar-refractivity contribution is -0.117. The average molecular weight is 346 g/mol. The van der Waals surface area contributed by atoms with Gasteiger partial charge in [-0.1, -0.05) is 26.0 Å². The monoisotopic (exact) mass is 346 g/mol. The molecule has 0 aliphatic carbocycles. The van der Waals surface area contributed by atoms with Crippen molar-refractivity contribution in [1.29, 1.82) is 0 Å². The van der Waals surface area contributed by atoms with Gasteiger partial charge in [-0.15, -0.1) is 11.3 Å². The quantitative estimate of drug-likeness (QED) is 0.678. The zero-order valence-corrected chi connectivity index (χ0v) is 14.7. The fraction of sp³-hybridized carbons (Fsp3) is 0.353. The third-order valence-electron chi connectivity index (χ3n) is 3.34. The zero-order chi connectivity index (χ0) is 17.5. The number of nitrogens with two attached hydrogens (primary N) is 1. The molecule has 2 rings (SSSR count). The second kappa shape index (κ2) is 8.56. The standard InChI is InChI=1S/C17H22N4O2S/c1-11(2)17-21-14(10-24-17)8-19-7-12-3-5-13(6-4-12)16(23)20-9-15(18)22/h3-6,10-11,19H,7-9H2,1-2H3,(H2,18,22)(H,20,23). The summed E-state index contributed by atoms with van der Waals surface area (Å²) in [7, 11) is 0. The van der Waals surface area contributed by atoms with Crippen molar-refractivity contribution in [2.75, 3.05) is 6.54 Å². The summed E-state index contributed by atoms with van der Waals surface area (Å²) in [5, 5.41) is 9.03. The molecular formula is C17H22N4O2S. The summed E-state index contributed by atoms with van der Waals surface area (Å²) in [6, 6.07) is 7.22. The maximum Gasteiger partial charge on any atom is 0.251 e. The van der Waals surface area contributed by atoms with Gasteiger partial charge in [-0.25, -0.2) is 4.98 Å². The number of carbonyl (C=O) groups is 2. The second-order valence-corrected chi connectivity index (χ2v) is 6.67. The first kappa shape index (κ1) is 18.1. The topological polar surface area (TPSA) is 97.1 Å². The summed E-state index contributed by atoms with van der Waals surface area (Å²) in [6.45, 7) is 5.52. The minimum absolute atomic E-state index is 0.159. The van der Waals surface area contributed by atoms with Gasteiger partial charge in [-0.3, -0.25) is 9.59 Å². The highest BCUT2D eigenvalue weighted by Crippen LogP contribution is 2.19. The minimum atomic E-state index is -0.563. The van der Waals surface area contributed by atoms with Gasteiger partial charge in [-0.2, -0.15) is 0 Å². The lowest BCUT2D eigenvalue weighted by atomic mass is 10.1. The van der Waals surface area contributed by atoms with E-state index in [1.807, 2.05) is 12.1 Å². The number of benzene rings is 1. The maximum absolute atomic E-state index is 11.8. The average Bonchev–Trinajstić information content (AvgIpc) is 3.02. The van der Waals surface area contributed by atoms with Crippen LogP contribution in [0.4, 0.5) is 0 Å². The summed E-state index contributed by atoms with van der Waals surface area (Å²) in [4.78, 5) is 27.0. The third kappa shape index (κ3) is 5.43. The molecule has 0 bridgehead atoms. The number of nitrogens with one attached hydrogen (secondary N) is 2. The van der Waals surface area contributed by atoms with E-state index in [4.69, 9.17) is 5.73 Å². The van der Waals surface area contributed by atoms with Gasteiger partial charge >= 0.3 is 0 Å². The van der Waals surface area contributed by atoms with Gasteiger partial charge in [0, 0.05) is 30.0 Å². The SMILES string of the molecule is CC(C)c1nc(CNCc2ccc(C(=O)NCC(N)=O)cc2)cs1. The van der Waals surface area contributed by atoms with Gasteiger partial charge in [0.25, 0.3) is 5.91 Å². The highest BCUT2D eigenvalue weighted by atomic mass is 32.1. The number of primary amides is 1. The van der Waals surface area contributed by atoms with Crippen LogP contribution in [-0.4, -0.2) is 23.3 Å². The van der Waals surface area contributed by atoms with Crippen molar-refractivity contribution in [2.24, 2.45) is 5.73 Å². The van der Waals surface area contributed by atoms with E-state index in [-0.39, 0.29) is 12.5 Å². The Kier molecular flexibility index (Phi) is 6.45. The van der Waals surface area contributed by atoms with Crippen LogP contribution in [0.15, 0.2) is 29.6 Å². The fourth-order valence-electron chi connectivity index (χ4n) is 2.05. The van der Waals surface area contributed by atoms with E-state index in [9.17, 15) is 9.59 Å². The molecule has 7 heteroatoms. The number of hydrogen-bond acceptors (Lipinski definition) is 5. The largest absolute Gasteiger partial charge is 0.368 e. The van der Waals surface area contributed by atoms with Crippen molar-refractivity contribution < 1.29 is 9.59 Å². The highest BCUT2D eigenvalue weighted by molar-refractivity contribution is 7.09. The number of hydrogen-bond donors (Lipinski definition) is 3. The Morgan fingerprint density at radius 1 is 1.21 bits per heavy atom. The van der Waals surface area contributed by atoms with Crippen LogP contribution < -0.4 is 16.4 Å². The molecule has 0 aliphatic rings. The van der Waals surface area contributed by atoms with Gasteiger partial charge in [-0.05, 0) is 17.7 Å². The smallest absolute Gasteiger partial charge is 0.251 e. The molecule has 1 heterocycles. The van der Waals surface area contributed by atoms with Crippen LogP contribution in [0.2, 0.25) is 0 Å². The van der Waals surface area contributed by atoms with E-state index in [0.29, 0.717) is 24.6 Å². The molecule has 0 saturated heterocycles. The van der Waals surface area contributed by atoms with Crippen LogP contribution in [-0.2, 0) is 17.9 Å². The predicted octanol–water partition coefficient (Wildman–Crippen LogP) is 1.77. The number of nitrogens with zero attached hydrogens (tertiary/aromatic N) is 1. The fourth-order valence-corrected chi connectivity index (χ4v) is 2.88. The molecule has 0 unspecified atom stereocenters. The van der Waals surface area contributed by atoms with Gasteiger partial charge in [0.15, 0.2) is 0 Å². The maximum atomic E-state index is 11.8. The van der Waals surface area contributed by atoms with Crippen molar-refractivity contribution in [3.05, 3.63) is 51.5 Å². The Hall–Kier alpha value is -2.25. The predicted molar refractivity (Wildman–Crippen MR) is 94.7 cm³/mol. The second-order valence-electron chi connectivity index (χ2n) is 5.78. The molecule has 128 valence electrons. The number of carbonyl (C=O) groups excluding carboxylic acids is 2. The number of aromatic nitrogens is 1. The molecule has 0 radical (unpaired) electrons. The highest BCUT2D eigenvalue weighted by Gasteiger charge is 2.07. The molecule has 4 N–H and O–H groups in total. The Bertz CT molecular complexity index is 695. The lowest BCUT2D eigenvalue weighted by Gasteiger charge is -2.06. The molecule has 2 amide bonds. The van der Waals surface area contributed by atoms with Crippen molar-refractivity contribution in [1.82, 2.24) is 15.6 Å². The van der Waals surface area contributed by atoms with Crippen LogP contribution in [0.5, 0.6) is 0 Å². The molecule has 2 aromatic rings. The normalized spacial score (nSPS) is 10.8. The molecule has 0 spiro atoms.